The van der Waals surface area contributed by atoms with Crippen LogP contribution in [0.1, 0.15) is 37.2 Å². The van der Waals surface area contributed by atoms with Crippen LogP contribution in [-0.4, -0.2) is 28.9 Å². The fourth-order valence-electron chi connectivity index (χ4n) is 3.25. The fourth-order valence-corrected chi connectivity index (χ4v) is 3.25. The highest BCUT2D eigenvalue weighted by Gasteiger charge is 2.52. The number of benzene rings is 1. The van der Waals surface area contributed by atoms with Gasteiger partial charge in [0.1, 0.15) is 5.54 Å². The number of hydrogen-bond acceptors (Lipinski definition) is 3. The van der Waals surface area contributed by atoms with Crippen LogP contribution in [0.25, 0.3) is 0 Å². The Bertz CT molecular complexity index is 600. The molecule has 3 rings (SSSR count). The summed E-state index contributed by atoms with van der Waals surface area (Å²) >= 11 is 0. The molecular formula is C16H17N3O2. The van der Waals surface area contributed by atoms with Gasteiger partial charge in [-0.05, 0) is 18.4 Å². The van der Waals surface area contributed by atoms with Gasteiger partial charge in [0.05, 0.1) is 18.5 Å². The molecule has 1 aromatic rings. The van der Waals surface area contributed by atoms with Crippen molar-refractivity contribution in [2.45, 2.75) is 37.1 Å². The second-order valence-corrected chi connectivity index (χ2v) is 5.73. The maximum atomic E-state index is 12.6. The minimum atomic E-state index is -0.701. The van der Waals surface area contributed by atoms with Crippen molar-refractivity contribution in [1.29, 1.82) is 5.26 Å². The van der Waals surface area contributed by atoms with Crippen molar-refractivity contribution in [2.24, 2.45) is 0 Å². The summed E-state index contributed by atoms with van der Waals surface area (Å²) in [5.41, 5.74) is 0.126. The van der Waals surface area contributed by atoms with Gasteiger partial charge in [-0.1, -0.05) is 43.2 Å². The monoisotopic (exact) mass is 283 g/mol. The molecule has 1 saturated carbocycles. The van der Waals surface area contributed by atoms with Gasteiger partial charge in [0.25, 0.3) is 5.91 Å². The van der Waals surface area contributed by atoms with Crippen LogP contribution in [0.3, 0.4) is 0 Å². The van der Waals surface area contributed by atoms with Crippen molar-refractivity contribution in [3.63, 3.8) is 0 Å². The number of nitrogens with one attached hydrogen (secondary N) is 1. The van der Waals surface area contributed by atoms with Gasteiger partial charge < -0.3 is 5.32 Å². The van der Waals surface area contributed by atoms with Gasteiger partial charge in [0.15, 0.2) is 0 Å². The Balaban J connectivity index is 1.80. The van der Waals surface area contributed by atoms with E-state index in [0.29, 0.717) is 12.8 Å². The van der Waals surface area contributed by atoms with E-state index in [0.717, 1.165) is 18.4 Å². The molecule has 1 heterocycles. The first-order valence-electron chi connectivity index (χ1n) is 7.25. The number of nitriles is 1. The minimum Gasteiger partial charge on any atom is -0.323 e. The number of amides is 3. The van der Waals surface area contributed by atoms with E-state index in [2.05, 4.69) is 11.4 Å². The number of rotatable bonds is 3. The zero-order valence-corrected chi connectivity index (χ0v) is 11.7. The van der Waals surface area contributed by atoms with E-state index in [-0.39, 0.29) is 18.5 Å². The number of imide groups is 1. The highest BCUT2D eigenvalue weighted by Crippen LogP contribution is 2.35. The van der Waals surface area contributed by atoms with Crippen LogP contribution < -0.4 is 5.32 Å². The molecule has 2 aliphatic rings. The molecule has 1 spiro atoms. The summed E-state index contributed by atoms with van der Waals surface area (Å²) < 4.78 is 0. The molecule has 1 aliphatic heterocycles. The molecule has 3 amide bonds. The van der Waals surface area contributed by atoms with Crippen molar-refractivity contribution in [3.05, 3.63) is 35.9 Å². The van der Waals surface area contributed by atoms with Crippen LogP contribution in [0.2, 0.25) is 0 Å². The summed E-state index contributed by atoms with van der Waals surface area (Å²) in [5.74, 6) is -0.654. The number of nitrogens with zero attached hydrogens (tertiary/aromatic N) is 2. The van der Waals surface area contributed by atoms with Gasteiger partial charge in [-0.3, -0.25) is 9.69 Å². The second kappa shape index (κ2) is 5.21. The summed E-state index contributed by atoms with van der Waals surface area (Å²) in [6.07, 6.45) is 3.33. The smallest absolute Gasteiger partial charge is 0.323 e. The quantitative estimate of drug-likeness (QED) is 0.864. The Labute approximate surface area is 123 Å². The summed E-state index contributed by atoms with van der Waals surface area (Å²) in [6.45, 7) is 0.118. The van der Waals surface area contributed by atoms with Gasteiger partial charge in [-0.15, -0.1) is 0 Å². The summed E-state index contributed by atoms with van der Waals surface area (Å²) in [5, 5.41) is 12.2. The second-order valence-electron chi connectivity index (χ2n) is 5.73. The van der Waals surface area contributed by atoms with Crippen LogP contribution in [-0.2, 0) is 4.79 Å². The van der Waals surface area contributed by atoms with Gasteiger partial charge in [-0.25, -0.2) is 4.79 Å². The largest absolute Gasteiger partial charge is 0.325 e. The zero-order chi connectivity index (χ0) is 14.9. The fraction of sp³-hybridized carbons (Fsp3) is 0.438. The van der Waals surface area contributed by atoms with E-state index in [4.69, 9.17) is 0 Å². The van der Waals surface area contributed by atoms with Crippen LogP contribution >= 0.6 is 0 Å². The molecule has 0 radical (unpaired) electrons. The standard InChI is InChI=1S/C16H17N3O2/c17-10-13(12-6-2-1-3-7-12)11-19-14(20)16(18-15(19)21)8-4-5-9-16/h1-3,6-7,13H,4-5,8-9,11H2,(H,18,21). The van der Waals surface area contributed by atoms with E-state index in [1.54, 1.807) is 0 Å². The third-order valence-electron chi connectivity index (χ3n) is 4.43. The van der Waals surface area contributed by atoms with Gasteiger partial charge in [0, 0.05) is 0 Å². The van der Waals surface area contributed by atoms with Gasteiger partial charge in [0.2, 0.25) is 0 Å². The van der Waals surface area contributed by atoms with Crippen LogP contribution in [0.15, 0.2) is 30.3 Å². The summed E-state index contributed by atoms with van der Waals surface area (Å²) in [7, 11) is 0. The molecule has 0 aromatic heterocycles. The molecule has 1 unspecified atom stereocenters. The number of carbonyl (C=O) groups is 2. The average molecular weight is 283 g/mol. The van der Waals surface area contributed by atoms with Gasteiger partial charge in [-0.2, -0.15) is 5.26 Å². The Hall–Kier alpha value is -2.35. The normalized spacial score (nSPS) is 21.4. The molecule has 1 aliphatic carbocycles. The van der Waals surface area contributed by atoms with E-state index in [1.165, 1.54) is 4.90 Å². The van der Waals surface area contributed by atoms with Gasteiger partial charge >= 0.3 is 6.03 Å². The minimum absolute atomic E-state index is 0.118. The van der Waals surface area contributed by atoms with Crippen molar-refractivity contribution >= 4 is 11.9 Å². The first-order chi connectivity index (χ1) is 10.2. The molecule has 1 aromatic carbocycles. The molecule has 0 bridgehead atoms. The third kappa shape index (κ3) is 2.27. The summed E-state index contributed by atoms with van der Waals surface area (Å²) in [6, 6.07) is 11.1. The predicted octanol–water partition coefficient (Wildman–Crippen LogP) is 2.16. The Morgan fingerprint density at radius 2 is 1.90 bits per heavy atom. The average Bonchev–Trinajstić information content (AvgIpc) is 3.06. The molecule has 1 N–H and O–H groups in total. The van der Waals surface area contributed by atoms with E-state index >= 15 is 0 Å². The zero-order valence-electron chi connectivity index (χ0n) is 11.7. The number of urea groups is 1. The molecule has 5 heteroatoms. The molecule has 2 fully saturated rings. The third-order valence-corrected chi connectivity index (χ3v) is 4.43. The maximum Gasteiger partial charge on any atom is 0.325 e. The first-order valence-corrected chi connectivity index (χ1v) is 7.25. The van der Waals surface area contributed by atoms with Crippen molar-refractivity contribution in [1.82, 2.24) is 10.2 Å². The molecule has 5 nitrogen and oxygen atoms in total. The van der Waals surface area contributed by atoms with Crippen molar-refractivity contribution in [3.8, 4) is 6.07 Å². The van der Waals surface area contributed by atoms with E-state index in [9.17, 15) is 14.9 Å². The Kier molecular flexibility index (Phi) is 3.38. The van der Waals surface area contributed by atoms with Crippen LogP contribution in [0, 0.1) is 11.3 Å². The summed E-state index contributed by atoms with van der Waals surface area (Å²) in [4.78, 5) is 25.9. The Morgan fingerprint density at radius 1 is 1.24 bits per heavy atom. The maximum absolute atomic E-state index is 12.6. The van der Waals surface area contributed by atoms with E-state index < -0.39 is 11.5 Å². The lowest BCUT2D eigenvalue weighted by Crippen LogP contribution is -2.44. The lowest BCUT2D eigenvalue weighted by molar-refractivity contribution is -0.131. The van der Waals surface area contributed by atoms with Crippen molar-refractivity contribution in [2.75, 3.05) is 6.54 Å². The van der Waals surface area contributed by atoms with Crippen molar-refractivity contribution < 1.29 is 9.59 Å². The highest BCUT2D eigenvalue weighted by atomic mass is 16.2. The molecule has 21 heavy (non-hydrogen) atoms. The number of carbonyl (C=O) groups excluding carboxylic acids is 2. The predicted molar refractivity (Wildman–Crippen MR) is 76.2 cm³/mol. The first kappa shape index (κ1) is 13.6. The molecule has 1 saturated heterocycles. The van der Waals surface area contributed by atoms with Crippen LogP contribution in [0.4, 0.5) is 4.79 Å². The molecule has 108 valence electrons. The Morgan fingerprint density at radius 3 is 2.52 bits per heavy atom. The highest BCUT2D eigenvalue weighted by molar-refractivity contribution is 6.07. The lowest BCUT2D eigenvalue weighted by atomic mass is 9.96. The SMILES string of the molecule is N#CC(CN1C(=O)NC2(CCCC2)C1=O)c1ccccc1. The molecule has 1 atom stereocenters. The lowest BCUT2D eigenvalue weighted by Gasteiger charge is -2.21. The van der Waals surface area contributed by atoms with E-state index in [1.807, 2.05) is 30.3 Å². The topological polar surface area (TPSA) is 73.2 Å². The molecular weight excluding hydrogens is 266 g/mol. The van der Waals surface area contributed by atoms with Crippen LogP contribution in [0.5, 0.6) is 0 Å². The number of hydrogen-bond donors (Lipinski definition) is 1.